The maximum absolute atomic E-state index is 12.2. The first-order chi connectivity index (χ1) is 4.59. The summed E-state index contributed by atoms with van der Waals surface area (Å²) in [6, 6.07) is 0. The standard InChI is InChI=1S/C6H10F4/c1-4(8)6(10)5(9)2-3-7/h4-6H,2-3H2,1H3. The number of rotatable bonds is 4. The Morgan fingerprint density at radius 3 is 2.00 bits per heavy atom. The zero-order valence-electron chi connectivity index (χ0n) is 5.66. The monoisotopic (exact) mass is 158 g/mol. The van der Waals surface area contributed by atoms with Gasteiger partial charge in [-0.1, -0.05) is 0 Å². The van der Waals surface area contributed by atoms with Crippen molar-refractivity contribution in [3.63, 3.8) is 0 Å². The fraction of sp³-hybridized carbons (Fsp3) is 1.00. The Hall–Kier alpha value is -0.280. The van der Waals surface area contributed by atoms with Crippen molar-refractivity contribution in [1.82, 2.24) is 0 Å². The molecule has 0 aliphatic rings. The Labute approximate surface area is 57.2 Å². The van der Waals surface area contributed by atoms with Crippen molar-refractivity contribution >= 4 is 0 Å². The van der Waals surface area contributed by atoms with Gasteiger partial charge in [0, 0.05) is 6.42 Å². The minimum absolute atomic E-state index is 0.560. The molecule has 0 aliphatic carbocycles. The third-order valence-corrected chi connectivity index (χ3v) is 1.17. The van der Waals surface area contributed by atoms with Crippen LogP contribution in [-0.4, -0.2) is 25.2 Å². The van der Waals surface area contributed by atoms with Gasteiger partial charge in [-0.25, -0.2) is 13.2 Å². The lowest BCUT2D eigenvalue weighted by Crippen LogP contribution is -2.26. The Bertz CT molecular complexity index is 83.8. The summed E-state index contributed by atoms with van der Waals surface area (Å²) in [6.45, 7) is -0.0379. The van der Waals surface area contributed by atoms with Crippen LogP contribution in [0.25, 0.3) is 0 Å². The highest BCUT2D eigenvalue weighted by Gasteiger charge is 2.25. The second-order valence-corrected chi connectivity index (χ2v) is 2.12. The number of halogens is 4. The molecule has 0 aromatic rings. The van der Waals surface area contributed by atoms with Gasteiger partial charge in [0.2, 0.25) is 0 Å². The molecule has 0 heterocycles. The molecule has 3 atom stereocenters. The van der Waals surface area contributed by atoms with Crippen molar-refractivity contribution in [2.24, 2.45) is 0 Å². The largest absolute Gasteiger partial charge is 0.251 e. The van der Waals surface area contributed by atoms with E-state index in [-0.39, 0.29) is 0 Å². The van der Waals surface area contributed by atoms with Crippen molar-refractivity contribution in [2.75, 3.05) is 6.67 Å². The highest BCUT2D eigenvalue weighted by Crippen LogP contribution is 2.14. The minimum atomic E-state index is -2.18. The summed E-state index contributed by atoms with van der Waals surface area (Å²) in [6.07, 6.45) is -6.61. The molecule has 10 heavy (non-hydrogen) atoms. The normalized spacial score (nSPS) is 20.1. The summed E-state index contributed by atoms with van der Waals surface area (Å²) in [5, 5.41) is 0. The van der Waals surface area contributed by atoms with Crippen LogP contribution in [0.5, 0.6) is 0 Å². The summed E-state index contributed by atoms with van der Waals surface area (Å²) in [5.41, 5.74) is 0. The Balaban J connectivity index is 3.58. The molecule has 0 aliphatic heterocycles. The van der Waals surface area contributed by atoms with Crippen LogP contribution in [0.3, 0.4) is 0 Å². The smallest absolute Gasteiger partial charge is 0.162 e. The minimum Gasteiger partial charge on any atom is -0.251 e. The van der Waals surface area contributed by atoms with Crippen LogP contribution in [0.15, 0.2) is 0 Å². The maximum Gasteiger partial charge on any atom is 0.162 e. The van der Waals surface area contributed by atoms with Gasteiger partial charge < -0.3 is 0 Å². The molecule has 0 bridgehead atoms. The average molecular weight is 158 g/mol. The van der Waals surface area contributed by atoms with E-state index in [1.165, 1.54) is 0 Å². The van der Waals surface area contributed by atoms with Crippen LogP contribution in [-0.2, 0) is 0 Å². The van der Waals surface area contributed by atoms with E-state index in [2.05, 4.69) is 0 Å². The molecule has 0 radical (unpaired) electrons. The second-order valence-electron chi connectivity index (χ2n) is 2.12. The van der Waals surface area contributed by atoms with E-state index in [1.54, 1.807) is 0 Å². The number of hydrogen-bond acceptors (Lipinski definition) is 0. The summed E-state index contributed by atoms with van der Waals surface area (Å²) in [4.78, 5) is 0. The van der Waals surface area contributed by atoms with Crippen molar-refractivity contribution in [3.05, 3.63) is 0 Å². The Morgan fingerprint density at radius 2 is 1.70 bits per heavy atom. The SMILES string of the molecule is CC(F)C(F)C(F)CCF. The van der Waals surface area contributed by atoms with Crippen molar-refractivity contribution in [2.45, 2.75) is 31.9 Å². The molecular weight excluding hydrogens is 148 g/mol. The summed E-state index contributed by atoms with van der Waals surface area (Å²) in [5.74, 6) is 0. The lowest BCUT2D eigenvalue weighted by atomic mass is 10.1. The lowest BCUT2D eigenvalue weighted by molar-refractivity contribution is 0.0821. The van der Waals surface area contributed by atoms with Crippen molar-refractivity contribution in [3.8, 4) is 0 Å². The fourth-order valence-electron chi connectivity index (χ4n) is 0.551. The van der Waals surface area contributed by atoms with Crippen LogP contribution < -0.4 is 0 Å². The zero-order valence-corrected chi connectivity index (χ0v) is 5.66. The van der Waals surface area contributed by atoms with Gasteiger partial charge in [-0.2, -0.15) is 0 Å². The number of hydrogen-bond donors (Lipinski definition) is 0. The van der Waals surface area contributed by atoms with Gasteiger partial charge in [0.15, 0.2) is 6.17 Å². The van der Waals surface area contributed by atoms with E-state index in [1.807, 2.05) is 0 Å². The molecule has 0 amide bonds. The maximum atomic E-state index is 12.2. The Kier molecular flexibility index (Phi) is 4.40. The Morgan fingerprint density at radius 1 is 1.20 bits per heavy atom. The molecule has 0 rings (SSSR count). The van der Waals surface area contributed by atoms with E-state index in [9.17, 15) is 17.6 Å². The molecule has 4 heteroatoms. The molecule has 0 nitrogen and oxygen atoms in total. The molecule has 3 unspecified atom stereocenters. The van der Waals surface area contributed by atoms with Crippen LogP contribution in [0.1, 0.15) is 13.3 Å². The van der Waals surface area contributed by atoms with Crippen LogP contribution in [0.2, 0.25) is 0 Å². The second kappa shape index (κ2) is 4.52. The topological polar surface area (TPSA) is 0 Å². The molecule has 0 aromatic carbocycles. The van der Waals surface area contributed by atoms with E-state index >= 15 is 0 Å². The number of alkyl halides is 4. The lowest BCUT2D eigenvalue weighted by Gasteiger charge is -2.12. The van der Waals surface area contributed by atoms with Gasteiger partial charge in [0.1, 0.15) is 12.3 Å². The average Bonchev–Trinajstić information content (AvgIpc) is 1.87. The first kappa shape index (κ1) is 9.72. The molecule has 62 valence electrons. The van der Waals surface area contributed by atoms with Gasteiger partial charge in [-0.15, -0.1) is 0 Å². The van der Waals surface area contributed by atoms with E-state index < -0.39 is 31.6 Å². The third-order valence-electron chi connectivity index (χ3n) is 1.17. The molecular formula is C6H10F4. The first-order valence-corrected chi connectivity index (χ1v) is 3.07. The molecule has 0 saturated carbocycles. The zero-order chi connectivity index (χ0) is 8.15. The summed E-state index contributed by atoms with van der Waals surface area (Å²) in [7, 11) is 0. The van der Waals surface area contributed by atoms with Crippen molar-refractivity contribution < 1.29 is 17.6 Å². The van der Waals surface area contributed by atoms with Crippen LogP contribution in [0, 0.1) is 0 Å². The van der Waals surface area contributed by atoms with Crippen LogP contribution in [0.4, 0.5) is 17.6 Å². The highest BCUT2D eigenvalue weighted by atomic mass is 19.2. The van der Waals surface area contributed by atoms with Gasteiger partial charge in [0.25, 0.3) is 0 Å². The quantitative estimate of drug-likeness (QED) is 0.551. The molecule has 0 spiro atoms. The highest BCUT2D eigenvalue weighted by molar-refractivity contribution is 4.72. The van der Waals surface area contributed by atoms with Gasteiger partial charge in [-0.3, -0.25) is 4.39 Å². The van der Waals surface area contributed by atoms with Gasteiger partial charge >= 0.3 is 0 Å². The third kappa shape index (κ3) is 3.03. The first-order valence-electron chi connectivity index (χ1n) is 3.07. The van der Waals surface area contributed by atoms with Gasteiger partial charge in [-0.05, 0) is 6.92 Å². The fourth-order valence-corrected chi connectivity index (χ4v) is 0.551. The van der Waals surface area contributed by atoms with E-state index in [0.717, 1.165) is 6.92 Å². The molecule has 0 aromatic heterocycles. The molecule has 0 N–H and O–H groups in total. The van der Waals surface area contributed by atoms with E-state index in [0.29, 0.717) is 0 Å². The molecule has 0 fully saturated rings. The van der Waals surface area contributed by atoms with Gasteiger partial charge in [0.05, 0.1) is 6.67 Å². The summed E-state index contributed by atoms with van der Waals surface area (Å²) >= 11 is 0. The summed E-state index contributed by atoms with van der Waals surface area (Å²) < 4.78 is 47.7. The predicted octanol–water partition coefficient (Wildman–Crippen LogP) is 2.38. The van der Waals surface area contributed by atoms with Crippen LogP contribution >= 0.6 is 0 Å². The van der Waals surface area contributed by atoms with Crippen molar-refractivity contribution in [1.29, 1.82) is 0 Å². The predicted molar refractivity (Wildman–Crippen MR) is 31.0 cm³/mol. The molecule has 0 saturated heterocycles. The van der Waals surface area contributed by atoms with E-state index in [4.69, 9.17) is 0 Å².